The molecule has 0 fully saturated rings. The highest BCUT2D eigenvalue weighted by molar-refractivity contribution is 7.92. The summed E-state index contributed by atoms with van der Waals surface area (Å²) in [4.78, 5) is 0.190. The third-order valence-electron chi connectivity index (χ3n) is 4.13. The number of benzene rings is 2. The van der Waals surface area contributed by atoms with Crippen molar-refractivity contribution < 1.29 is 8.42 Å². The molecule has 0 saturated heterocycles. The quantitative estimate of drug-likeness (QED) is 0.628. The molecular formula is C19H22N4O2S. The molecule has 136 valence electrons. The molecule has 6 nitrogen and oxygen atoms in total. The number of hydrogen-bond acceptors (Lipinski definition) is 4. The largest absolute Gasteiger partial charge is 0.355 e. The van der Waals surface area contributed by atoms with Gasteiger partial charge in [0.15, 0.2) is 0 Å². The van der Waals surface area contributed by atoms with Crippen LogP contribution in [0.5, 0.6) is 0 Å². The lowest BCUT2D eigenvalue weighted by Gasteiger charge is -2.12. The number of nitrogens with zero attached hydrogens (tertiary/aromatic N) is 1. The minimum atomic E-state index is -3.68. The van der Waals surface area contributed by atoms with Gasteiger partial charge in [-0.3, -0.25) is 9.82 Å². The van der Waals surface area contributed by atoms with Crippen LogP contribution in [-0.2, 0) is 10.0 Å². The third kappa shape index (κ3) is 3.72. The summed E-state index contributed by atoms with van der Waals surface area (Å²) < 4.78 is 27.7. The van der Waals surface area contributed by atoms with Gasteiger partial charge in [0.1, 0.15) is 4.90 Å². The molecule has 0 amide bonds. The first kappa shape index (κ1) is 18.0. The first-order chi connectivity index (χ1) is 12.3. The number of aromatic amines is 1. The smallest absolute Gasteiger partial charge is 0.265 e. The van der Waals surface area contributed by atoms with Gasteiger partial charge in [-0.05, 0) is 63.6 Å². The predicted molar refractivity (Wildman–Crippen MR) is 105 cm³/mol. The average Bonchev–Trinajstić information content (AvgIpc) is 2.91. The van der Waals surface area contributed by atoms with E-state index >= 15 is 0 Å². The normalized spacial score (nSPS) is 11.4. The lowest BCUT2D eigenvalue weighted by atomic mass is 10.1. The van der Waals surface area contributed by atoms with Crippen LogP contribution in [-0.4, -0.2) is 18.6 Å². The maximum absolute atomic E-state index is 12.6. The number of H-pyrrole nitrogens is 1. The highest BCUT2D eigenvalue weighted by atomic mass is 32.2. The van der Waals surface area contributed by atoms with Crippen molar-refractivity contribution in [2.24, 2.45) is 0 Å². The van der Waals surface area contributed by atoms with Crippen LogP contribution in [0.4, 0.5) is 17.1 Å². The average molecular weight is 370 g/mol. The molecule has 3 aromatic rings. The molecule has 26 heavy (non-hydrogen) atoms. The number of aryl methyl sites for hydroxylation is 4. The van der Waals surface area contributed by atoms with Crippen LogP contribution in [0.15, 0.2) is 47.4 Å². The predicted octanol–water partition coefficient (Wildman–Crippen LogP) is 4.19. The summed E-state index contributed by atoms with van der Waals surface area (Å²) in [6, 6.07) is 13.3. The maximum atomic E-state index is 12.6. The van der Waals surface area contributed by atoms with E-state index < -0.39 is 10.0 Å². The molecule has 0 unspecified atom stereocenters. The van der Waals surface area contributed by atoms with E-state index in [-0.39, 0.29) is 4.90 Å². The van der Waals surface area contributed by atoms with E-state index in [1.807, 2.05) is 31.2 Å². The summed E-state index contributed by atoms with van der Waals surface area (Å²) in [7, 11) is -3.68. The number of rotatable bonds is 5. The zero-order valence-electron chi connectivity index (χ0n) is 15.2. The Kier molecular flexibility index (Phi) is 4.73. The molecule has 3 rings (SSSR count). The molecule has 0 aliphatic rings. The van der Waals surface area contributed by atoms with Gasteiger partial charge in [0.05, 0.1) is 11.4 Å². The van der Waals surface area contributed by atoms with Crippen LogP contribution in [0.25, 0.3) is 0 Å². The van der Waals surface area contributed by atoms with E-state index in [0.29, 0.717) is 17.1 Å². The van der Waals surface area contributed by atoms with Gasteiger partial charge < -0.3 is 5.32 Å². The van der Waals surface area contributed by atoms with E-state index in [1.165, 1.54) is 5.56 Å². The summed E-state index contributed by atoms with van der Waals surface area (Å²) >= 11 is 0. The molecule has 2 aromatic carbocycles. The monoisotopic (exact) mass is 370 g/mol. The first-order valence-corrected chi connectivity index (χ1v) is 9.73. The number of nitrogens with one attached hydrogen (secondary N) is 3. The van der Waals surface area contributed by atoms with Gasteiger partial charge in [-0.1, -0.05) is 17.7 Å². The van der Waals surface area contributed by atoms with E-state index in [9.17, 15) is 8.42 Å². The van der Waals surface area contributed by atoms with Crippen LogP contribution in [0.1, 0.15) is 22.5 Å². The summed E-state index contributed by atoms with van der Waals surface area (Å²) in [6.45, 7) is 7.45. The summed E-state index contributed by atoms with van der Waals surface area (Å²) in [6.07, 6.45) is 0. The van der Waals surface area contributed by atoms with Crippen LogP contribution < -0.4 is 10.0 Å². The molecule has 0 aliphatic carbocycles. The molecule has 1 aromatic heterocycles. The van der Waals surface area contributed by atoms with E-state index in [0.717, 1.165) is 16.9 Å². The zero-order chi connectivity index (χ0) is 18.9. The van der Waals surface area contributed by atoms with Gasteiger partial charge in [0.2, 0.25) is 0 Å². The minimum Gasteiger partial charge on any atom is -0.355 e. The Hall–Kier alpha value is -2.80. The van der Waals surface area contributed by atoms with Gasteiger partial charge in [-0.15, -0.1) is 0 Å². The van der Waals surface area contributed by atoms with Crippen molar-refractivity contribution in [3.05, 3.63) is 65.0 Å². The zero-order valence-corrected chi connectivity index (χ0v) is 16.0. The van der Waals surface area contributed by atoms with Crippen molar-refractivity contribution in [1.29, 1.82) is 0 Å². The molecule has 7 heteroatoms. The van der Waals surface area contributed by atoms with Crippen molar-refractivity contribution in [3.63, 3.8) is 0 Å². The first-order valence-electron chi connectivity index (χ1n) is 8.25. The topological polar surface area (TPSA) is 86.9 Å². The number of anilines is 3. The van der Waals surface area contributed by atoms with Crippen molar-refractivity contribution in [2.75, 3.05) is 10.0 Å². The molecule has 0 bridgehead atoms. The van der Waals surface area contributed by atoms with Crippen molar-refractivity contribution >= 4 is 27.1 Å². The third-order valence-corrected chi connectivity index (χ3v) is 5.77. The van der Waals surface area contributed by atoms with Crippen LogP contribution in [0, 0.1) is 27.7 Å². The Labute approximate surface area is 153 Å². The molecule has 0 aliphatic heterocycles. The van der Waals surface area contributed by atoms with E-state index in [4.69, 9.17) is 0 Å². The van der Waals surface area contributed by atoms with Crippen molar-refractivity contribution in [2.45, 2.75) is 32.6 Å². The van der Waals surface area contributed by atoms with Crippen molar-refractivity contribution in [3.8, 4) is 0 Å². The molecule has 3 N–H and O–H groups in total. The molecular weight excluding hydrogens is 348 g/mol. The summed E-state index contributed by atoms with van der Waals surface area (Å²) in [5, 5.41) is 9.98. The Balaban J connectivity index is 1.77. The standard InChI is InChI=1S/C19H22N4O2S/c1-12-5-10-18(13(2)11-12)20-16-6-8-17(9-7-16)23-26(24,25)19-14(3)21-22-15(19)4/h5-11,20,23H,1-4H3,(H,21,22). The Bertz CT molecular complexity index is 1020. The van der Waals surface area contributed by atoms with Crippen LogP contribution in [0.3, 0.4) is 0 Å². The van der Waals surface area contributed by atoms with Gasteiger partial charge in [-0.2, -0.15) is 5.10 Å². The fraction of sp³-hybridized carbons (Fsp3) is 0.211. The summed E-state index contributed by atoms with van der Waals surface area (Å²) in [5.41, 5.74) is 5.73. The molecule has 0 saturated carbocycles. The minimum absolute atomic E-state index is 0.190. The van der Waals surface area contributed by atoms with E-state index in [2.05, 4.69) is 33.2 Å². The Morgan fingerprint density at radius 1 is 0.923 bits per heavy atom. The molecule has 0 atom stereocenters. The van der Waals surface area contributed by atoms with Gasteiger partial charge in [-0.25, -0.2) is 8.42 Å². The number of aromatic nitrogens is 2. The Morgan fingerprint density at radius 2 is 1.58 bits per heavy atom. The molecule has 0 radical (unpaired) electrons. The highest BCUT2D eigenvalue weighted by Crippen LogP contribution is 2.25. The van der Waals surface area contributed by atoms with Gasteiger partial charge >= 0.3 is 0 Å². The molecule has 1 heterocycles. The second kappa shape index (κ2) is 6.84. The van der Waals surface area contributed by atoms with Gasteiger partial charge in [0.25, 0.3) is 10.0 Å². The maximum Gasteiger partial charge on any atom is 0.265 e. The van der Waals surface area contributed by atoms with E-state index in [1.54, 1.807) is 26.0 Å². The fourth-order valence-corrected chi connectivity index (χ4v) is 4.31. The lowest BCUT2D eigenvalue weighted by molar-refractivity contribution is 0.600. The number of hydrogen-bond donors (Lipinski definition) is 3. The Morgan fingerprint density at radius 3 is 2.15 bits per heavy atom. The molecule has 0 spiro atoms. The second-order valence-electron chi connectivity index (χ2n) is 6.39. The highest BCUT2D eigenvalue weighted by Gasteiger charge is 2.22. The van der Waals surface area contributed by atoms with Gasteiger partial charge in [0, 0.05) is 17.1 Å². The lowest BCUT2D eigenvalue weighted by Crippen LogP contribution is -2.14. The summed E-state index contributed by atoms with van der Waals surface area (Å²) in [5.74, 6) is 0. The van der Waals surface area contributed by atoms with Crippen LogP contribution >= 0.6 is 0 Å². The second-order valence-corrected chi connectivity index (χ2v) is 8.01. The number of sulfonamides is 1. The van der Waals surface area contributed by atoms with Crippen molar-refractivity contribution in [1.82, 2.24) is 10.2 Å². The fourth-order valence-electron chi connectivity index (χ4n) is 2.87. The van der Waals surface area contributed by atoms with Crippen LogP contribution in [0.2, 0.25) is 0 Å². The SMILES string of the molecule is Cc1ccc(Nc2ccc(NS(=O)(=O)c3c(C)n[nH]c3C)cc2)c(C)c1.